The Bertz CT molecular complexity index is 1030. The lowest BCUT2D eigenvalue weighted by atomic mass is 9.85. The van der Waals surface area contributed by atoms with Crippen molar-refractivity contribution in [3.05, 3.63) is 59.2 Å². The summed E-state index contributed by atoms with van der Waals surface area (Å²) in [4.78, 5) is 19.2. The minimum absolute atomic E-state index is 0.0272. The Morgan fingerprint density at radius 3 is 2.53 bits per heavy atom. The lowest BCUT2D eigenvalue weighted by Gasteiger charge is -2.39. The number of likely N-dealkylation sites (tertiary alicyclic amines) is 1. The summed E-state index contributed by atoms with van der Waals surface area (Å²) in [6, 6.07) is 15.1. The first-order valence-corrected chi connectivity index (χ1v) is 13.1. The fourth-order valence-corrected chi connectivity index (χ4v) is 5.86. The van der Waals surface area contributed by atoms with Crippen LogP contribution in [0.4, 0.5) is 5.69 Å². The van der Waals surface area contributed by atoms with Crippen LogP contribution in [0.5, 0.6) is 0 Å². The standard InChI is InChI=1S/C28H38N4OS/c1-19-8-6-9-20(2)31(19)14-4-3-5-15-32-26-18-24(34)13-12-22(26)17-25(28(32)33)21-10-7-11-23(16-21)27(29)30/h7,10-13,16,18-20,25,34H,3-6,8-9,14-15,17H2,1-2H3,(H3,29,30)/t19-,20+,25?. The van der Waals surface area contributed by atoms with Gasteiger partial charge in [-0.15, -0.1) is 12.6 Å². The average molecular weight is 479 g/mol. The van der Waals surface area contributed by atoms with Crippen LogP contribution >= 0.6 is 12.6 Å². The van der Waals surface area contributed by atoms with Crippen LogP contribution in [-0.2, 0) is 11.2 Å². The average Bonchev–Trinajstić information content (AvgIpc) is 2.81. The number of piperidine rings is 1. The van der Waals surface area contributed by atoms with E-state index in [1.54, 1.807) is 0 Å². The van der Waals surface area contributed by atoms with Crippen LogP contribution in [0.3, 0.4) is 0 Å². The molecule has 0 radical (unpaired) electrons. The fourth-order valence-electron chi connectivity index (χ4n) is 5.66. The van der Waals surface area contributed by atoms with Gasteiger partial charge in [-0.05, 0) is 81.8 Å². The molecule has 1 amide bonds. The van der Waals surface area contributed by atoms with E-state index < -0.39 is 0 Å². The highest BCUT2D eigenvalue weighted by Crippen LogP contribution is 2.37. The van der Waals surface area contributed by atoms with Gasteiger partial charge >= 0.3 is 0 Å². The third kappa shape index (κ3) is 5.49. The summed E-state index contributed by atoms with van der Waals surface area (Å²) in [6.07, 6.45) is 7.88. The zero-order valence-corrected chi connectivity index (χ0v) is 21.4. The normalized spacial score (nSPS) is 23.1. The number of nitrogen functional groups attached to an aromatic ring is 1. The first-order chi connectivity index (χ1) is 16.3. The summed E-state index contributed by atoms with van der Waals surface area (Å²) < 4.78 is 0. The van der Waals surface area contributed by atoms with Gasteiger partial charge in [0.25, 0.3) is 0 Å². The predicted octanol–water partition coefficient (Wildman–Crippen LogP) is 5.37. The summed E-state index contributed by atoms with van der Waals surface area (Å²) in [5, 5.41) is 7.78. The van der Waals surface area contributed by atoms with Gasteiger partial charge in [0.2, 0.25) is 5.91 Å². The Morgan fingerprint density at radius 1 is 1.06 bits per heavy atom. The molecule has 0 spiro atoms. The van der Waals surface area contributed by atoms with E-state index in [0.717, 1.165) is 42.1 Å². The number of carbonyl (C=O) groups is 1. The second-order valence-corrected chi connectivity index (χ2v) is 10.5. The maximum absolute atomic E-state index is 13.7. The van der Waals surface area contributed by atoms with Gasteiger partial charge in [0.1, 0.15) is 5.84 Å². The molecule has 0 saturated carbocycles. The molecule has 4 rings (SSSR count). The highest BCUT2D eigenvalue weighted by molar-refractivity contribution is 7.80. The summed E-state index contributed by atoms with van der Waals surface area (Å²) in [6.45, 7) is 6.58. The lowest BCUT2D eigenvalue weighted by Crippen LogP contribution is -2.44. The van der Waals surface area contributed by atoms with E-state index in [1.165, 1.54) is 31.2 Å². The van der Waals surface area contributed by atoms with Crippen molar-refractivity contribution in [2.24, 2.45) is 5.73 Å². The first-order valence-electron chi connectivity index (χ1n) is 12.7. The molecule has 1 saturated heterocycles. The van der Waals surface area contributed by atoms with Gasteiger partial charge in [-0.25, -0.2) is 0 Å². The minimum Gasteiger partial charge on any atom is -0.384 e. The smallest absolute Gasteiger partial charge is 0.234 e. The maximum Gasteiger partial charge on any atom is 0.234 e. The van der Waals surface area contributed by atoms with Crippen molar-refractivity contribution >= 4 is 30.1 Å². The van der Waals surface area contributed by atoms with Gasteiger partial charge in [0.05, 0.1) is 5.92 Å². The summed E-state index contributed by atoms with van der Waals surface area (Å²) in [7, 11) is 0. The van der Waals surface area contributed by atoms with E-state index in [2.05, 4.69) is 37.4 Å². The van der Waals surface area contributed by atoms with Crippen molar-refractivity contribution in [3.63, 3.8) is 0 Å². The van der Waals surface area contributed by atoms with E-state index in [4.69, 9.17) is 11.1 Å². The lowest BCUT2D eigenvalue weighted by molar-refractivity contribution is -0.120. The Labute approximate surface area is 209 Å². The number of amidine groups is 1. The molecule has 6 heteroatoms. The molecule has 0 aliphatic carbocycles. The molecular formula is C28H38N4OS. The summed E-state index contributed by atoms with van der Waals surface area (Å²) >= 11 is 4.54. The molecule has 2 heterocycles. The zero-order valence-electron chi connectivity index (χ0n) is 20.5. The molecule has 182 valence electrons. The van der Waals surface area contributed by atoms with Crippen LogP contribution in [0.1, 0.15) is 75.0 Å². The van der Waals surface area contributed by atoms with E-state index >= 15 is 0 Å². The minimum atomic E-state index is -0.257. The third-order valence-corrected chi connectivity index (χ3v) is 7.90. The molecule has 0 bridgehead atoms. The first kappa shape index (κ1) is 24.8. The quantitative estimate of drug-likeness (QED) is 0.207. The molecule has 2 aromatic carbocycles. The van der Waals surface area contributed by atoms with Crippen molar-refractivity contribution in [3.8, 4) is 0 Å². The van der Waals surface area contributed by atoms with Crippen molar-refractivity contribution in [2.45, 2.75) is 81.7 Å². The molecule has 0 aromatic heterocycles. The molecule has 34 heavy (non-hydrogen) atoms. The number of nitrogens with one attached hydrogen (secondary N) is 1. The zero-order chi connectivity index (χ0) is 24.2. The topological polar surface area (TPSA) is 73.4 Å². The number of hydrogen-bond donors (Lipinski definition) is 3. The Morgan fingerprint density at radius 2 is 1.79 bits per heavy atom. The molecule has 3 atom stereocenters. The molecule has 1 unspecified atom stereocenters. The number of amides is 1. The molecule has 5 nitrogen and oxygen atoms in total. The highest BCUT2D eigenvalue weighted by atomic mass is 32.1. The largest absolute Gasteiger partial charge is 0.384 e. The molecular weight excluding hydrogens is 440 g/mol. The van der Waals surface area contributed by atoms with Gasteiger partial charge in [-0.1, -0.05) is 37.1 Å². The maximum atomic E-state index is 13.7. The number of nitrogens with zero attached hydrogens (tertiary/aromatic N) is 2. The van der Waals surface area contributed by atoms with Crippen molar-refractivity contribution in [1.82, 2.24) is 4.90 Å². The number of anilines is 1. The van der Waals surface area contributed by atoms with Crippen LogP contribution in [0.2, 0.25) is 0 Å². The molecule has 2 aliphatic rings. The number of fused-ring (bicyclic) bond motifs is 1. The van der Waals surface area contributed by atoms with E-state index in [0.29, 0.717) is 24.1 Å². The monoisotopic (exact) mass is 478 g/mol. The molecule has 1 fully saturated rings. The number of nitrogens with two attached hydrogens (primary N) is 1. The van der Waals surface area contributed by atoms with E-state index in [9.17, 15) is 4.79 Å². The van der Waals surface area contributed by atoms with Crippen molar-refractivity contribution in [1.29, 1.82) is 5.41 Å². The predicted molar refractivity (Wildman–Crippen MR) is 143 cm³/mol. The number of unbranched alkanes of at least 4 members (excludes halogenated alkanes) is 2. The fraction of sp³-hybridized carbons (Fsp3) is 0.500. The second kappa shape index (κ2) is 11.0. The second-order valence-electron chi connectivity index (χ2n) is 10.0. The number of rotatable bonds is 8. The third-order valence-electron chi connectivity index (χ3n) is 7.62. The number of thiol groups is 1. The Kier molecular flexibility index (Phi) is 7.99. The molecule has 2 aliphatic heterocycles. The van der Waals surface area contributed by atoms with E-state index in [1.807, 2.05) is 41.3 Å². The van der Waals surface area contributed by atoms with Crippen LogP contribution in [-0.4, -0.2) is 41.8 Å². The number of hydrogen-bond acceptors (Lipinski definition) is 4. The van der Waals surface area contributed by atoms with Gasteiger partial charge in [0, 0.05) is 34.8 Å². The van der Waals surface area contributed by atoms with Crippen LogP contribution in [0.25, 0.3) is 0 Å². The number of carbonyl (C=O) groups excluding carboxylic acids is 1. The SMILES string of the molecule is C[C@@H]1CCC[C@H](C)N1CCCCCN1C(=O)C(c2cccc(C(=N)N)c2)Cc2ccc(S)cc21. The van der Waals surface area contributed by atoms with Gasteiger partial charge < -0.3 is 10.6 Å². The van der Waals surface area contributed by atoms with Crippen molar-refractivity contribution < 1.29 is 4.79 Å². The van der Waals surface area contributed by atoms with Crippen LogP contribution in [0.15, 0.2) is 47.4 Å². The summed E-state index contributed by atoms with van der Waals surface area (Å²) in [5.41, 5.74) is 9.47. The Hall–Kier alpha value is -2.31. The summed E-state index contributed by atoms with van der Waals surface area (Å²) in [5.74, 6) is -0.0996. The Balaban J connectivity index is 1.45. The number of benzene rings is 2. The van der Waals surface area contributed by atoms with Gasteiger partial charge in [0.15, 0.2) is 0 Å². The highest BCUT2D eigenvalue weighted by Gasteiger charge is 2.34. The van der Waals surface area contributed by atoms with Gasteiger partial charge in [-0.3, -0.25) is 15.1 Å². The van der Waals surface area contributed by atoms with Gasteiger partial charge in [-0.2, -0.15) is 0 Å². The van der Waals surface area contributed by atoms with E-state index in [-0.39, 0.29) is 17.7 Å². The van der Waals surface area contributed by atoms with Crippen LogP contribution in [0, 0.1) is 5.41 Å². The van der Waals surface area contributed by atoms with Crippen molar-refractivity contribution in [2.75, 3.05) is 18.0 Å². The van der Waals surface area contributed by atoms with Crippen LogP contribution < -0.4 is 10.6 Å². The molecule has 3 N–H and O–H groups in total. The molecule has 2 aromatic rings.